The number of hydrogen-bond acceptors (Lipinski definition) is 6. The molecule has 1 aliphatic carbocycles. The number of anilines is 1. The summed E-state index contributed by atoms with van der Waals surface area (Å²) < 4.78 is 31.9. The Morgan fingerprint density at radius 3 is 2.76 bits per heavy atom. The van der Waals surface area contributed by atoms with Crippen molar-refractivity contribution in [3.63, 3.8) is 0 Å². The molecule has 1 aromatic heterocycles. The van der Waals surface area contributed by atoms with Crippen molar-refractivity contribution in [1.82, 2.24) is 20.2 Å². The molecule has 2 amide bonds. The summed E-state index contributed by atoms with van der Waals surface area (Å²) in [5.74, 6) is 0.181. The second-order valence-corrected chi connectivity index (χ2v) is 10.1. The van der Waals surface area contributed by atoms with E-state index in [0.717, 1.165) is 31.4 Å². The van der Waals surface area contributed by atoms with E-state index in [1.165, 1.54) is 13.1 Å². The van der Waals surface area contributed by atoms with Crippen molar-refractivity contribution in [2.45, 2.75) is 68.9 Å². The second kappa shape index (κ2) is 10.8. The van der Waals surface area contributed by atoms with Gasteiger partial charge in [-0.15, -0.1) is 0 Å². The van der Waals surface area contributed by atoms with E-state index < -0.39 is 16.1 Å². The van der Waals surface area contributed by atoms with Crippen LogP contribution in [0.25, 0.3) is 0 Å². The van der Waals surface area contributed by atoms with Gasteiger partial charge in [0.25, 0.3) is 0 Å². The number of rotatable bonds is 9. The third-order valence-corrected chi connectivity index (χ3v) is 7.34. The first-order valence-corrected chi connectivity index (χ1v) is 12.5. The van der Waals surface area contributed by atoms with Crippen molar-refractivity contribution in [3.8, 4) is 0 Å². The molecule has 1 aromatic carbocycles. The number of benzene rings is 1. The fourth-order valence-corrected chi connectivity index (χ4v) is 4.82. The van der Waals surface area contributed by atoms with Crippen LogP contribution in [0.3, 0.4) is 0 Å². The quantitative estimate of drug-likeness (QED) is 0.437. The van der Waals surface area contributed by atoms with Gasteiger partial charge >= 0.3 is 6.09 Å². The zero-order chi connectivity index (χ0) is 24.0. The minimum absolute atomic E-state index is 0.0264. The van der Waals surface area contributed by atoms with Gasteiger partial charge < -0.3 is 15.4 Å². The molecule has 0 spiro atoms. The number of ether oxygens (including phenoxy) is 1. The number of nitrogens with zero attached hydrogens (tertiary/aromatic N) is 1. The van der Waals surface area contributed by atoms with Crippen molar-refractivity contribution in [1.29, 1.82) is 0 Å². The normalized spacial score (nSPS) is 19.1. The predicted octanol–water partition coefficient (Wildman–Crippen LogP) is 2.66. The lowest BCUT2D eigenvalue weighted by Gasteiger charge is -2.16. The molecule has 0 aliphatic heterocycles. The zero-order valence-electron chi connectivity index (χ0n) is 19.1. The van der Waals surface area contributed by atoms with Crippen molar-refractivity contribution < 1.29 is 22.7 Å². The Labute approximate surface area is 193 Å². The summed E-state index contributed by atoms with van der Waals surface area (Å²) in [6, 6.07) is 8.17. The van der Waals surface area contributed by atoms with Crippen LogP contribution < -0.4 is 15.4 Å². The molecule has 10 nitrogen and oxygen atoms in total. The van der Waals surface area contributed by atoms with Gasteiger partial charge in [-0.3, -0.25) is 9.89 Å². The monoisotopic (exact) mass is 477 g/mol. The molecule has 1 aliphatic rings. The molecule has 1 heterocycles. The maximum Gasteiger partial charge on any atom is 0.407 e. The number of aromatic nitrogens is 2. The van der Waals surface area contributed by atoms with Gasteiger partial charge in [0, 0.05) is 23.7 Å². The topological polar surface area (TPSA) is 142 Å². The van der Waals surface area contributed by atoms with Crippen LogP contribution in [-0.4, -0.2) is 49.8 Å². The minimum Gasteiger partial charge on any atom is -0.447 e. The molecule has 33 heavy (non-hydrogen) atoms. The molecule has 3 unspecified atom stereocenters. The summed E-state index contributed by atoms with van der Waals surface area (Å²) in [5, 5.41) is 12.8. The highest BCUT2D eigenvalue weighted by atomic mass is 32.2. The highest BCUT2D eigenvalue weighted by molar-refractivity contribution is 7.89. The van der Waals surface area contributed by atoms with E-state index >= 15 is 0 Å². The Bertz CT molecular complexity index is 1080. The summed E-state index contributed by atoms with van der Waals surface area (Å²) in [5.41, 5.74) is 1.28. The first-order valence-electron chi connectivity index (χ1n) is 11.1. The van der Waals surface area contributed by atoms with Crippen LogP contribution in [-0.2, 0) is 26.0 Å². The first kappa shape index (κ1) is 24.7. The molecule has 4 N–H and O–H groups in total. The van der Waals surface area contributed by atoms with Crippen molar-refractivity contribution in [2.24, 2.45) is 0 Å². The Morgan fingerprint density at radius 1 is 1.27 bits per heavy atom. The van der Waals surface area contributed by atoms with Crippen LogP contribution in [0.2, 0.25) is 0 Å². The van der Waals surface area contributed by atoms with E-state index in [9.17, 15) is 18.0 Å². The second-order valence-electron chi connectivity index (χ2n) is 8.22. The maximum absolute atomic E-state index is 12.5. The Hall–Kier alpha value is -2.92. The predicted molar refractivity (Wildman–Crippen MR) is 123 cm³/mol. The van der Waals surface area contributed by atoms with E-state index in [1.54, 1.807) is 24.3 Å². The molecule has 11 heteroatoms. The number of carbonyl (C=O) groups is 2. The van der Waals surface area contributed by atoms with E-state index in [1.807, 2.05) is 13.8 Å². The largest absolute Gasteiger partial charge is 0.447 e. The van der Waals surface area contributed by atoms with Crippen LogP contribution in [0, 0.1) is 0 Å². The Morgan fingerprint density at radius 2 is 2.03 bits per heavy atom. The lowest BCUT2D eigenvalue weighted by Crippen LogP contribution is -2.35. The van der Waals surface area contributed by atoms with Crippen molar-refractivity contribution >= 4 is 27.8 Å². The number of alkyl carbamates (subject to hydrolysis) is 1. The number of hydrogen-bond donors (Lipinski definition) is 4. The van der Waals surface area contributed by atoms with Gasteiger partial charge in [0.1, 0.15) is 6.10 Å². The number of H-pyrrole nitrogens is 1. The highest BCUT2D eigenvalue weighted by Gasteiger charge is 2.29. The van der Waals surface area contributed by atoms with E-state index in [-0.39, 0.29) is 35.3 Å². The summed E-state index contributed by atoms with van der Waals surface area (Å²) in [6.45, 7) is 3.82. The molecule has 2 aromatic rings. The van der Waals surface area contributed by atoms with Crippen LogP contribution in [0.4, 0.5) is 10.6 Å². The lowest BCUT2D eigenvalue weighted by atomic mass is 10.0. The molecule has 3 rings (SSSR count). The Balaban J connectivity index is 1.56. The van der Waals surface area contributed by atoms with Gasteiger partial charge in [0.15, 0.2) is 5.82 Å². The average molecular weight is 478 g/mol. The number of aromatic amines is 1. The first-order chi connectivity index (χ1) is 15.7. The van der Waals surface area contributed by atoms with Gasteiger partial charge in [-0.1, -0.05) is 25.1 Å². The summed E-state index contributed by atoms with van der Waals surface area (Å²) >= 11 is 0. The van der Waals surface area contributed by atoms with Crippen LogP contribution in [0.1, 0.15) is 56.7 Å². The molecular weight excluding hydrogens is 446 g/mol. The van der Waals surface area contributed by atoms with Crippen LogP contribution >= 0.6 is 0 Å². The SMILES string of the molecule is CCC(C)OC(=O)NC1CCC(c2cc(NC(=O)Cc3ccccc3S(=O)(=O)NC)n[nH]2)C1. The molecule has 1 fully saturated rings. The molecular formula is C22H31N5O5S. The van der Waals surface area contributed by atoms with Crippen LogP contribution in [0.5, 0.6) is 0 Å². The maximum atomic E-state index is 12.5. The lowest BCUT2D eigenvalue weighted by molar-refractivity contribution is -0.115. The zero-order valence-corrected chi connectivity index (χ0v) is 19.9. The van der Waals surface area contributed by atoms with Gasteiger partial charge in [-0.2, -0.15) is 5.10 Å². The third-order valence-electron chi connectivity index (χ3n) is 5.82. The highest BCUT2D eigenvalue weighted by Crippen LogP contribution is 2.34. The third kappa shape index (κ3) is 6.55. The fraction of sp³-hybridized carbons (Fsp3) is 0.500. The number of sulfonamides is 1. The minimum atomic E-state index is -3.67. The van der Waals surface area contributed by atoms with Crippen LogP contribution in [0.15, 0.2) is 35.2 Å². The van der Waals surface area contributed by atoms with E-state index in [0.29, 0.717) is 11.4 Å². The molecule has 3 atom stereocenters. The van der Waals surface area contributed by atoms with Gasteiger partial charge in [-0.05, 0) is 51.3 Å². The number of carbonyl (C=O) groups excluding carboxylic acids is 2. The van der Waals surface area contributed by atoms with Gasteiger partial charge in [0.2, 0.25) is 15.9 Å². The average Bonchev–Trinajstić information content (AvgIpc) is 3.43. The smallest absolute Gasteiger partial charge is 0.407 e. The molecule has 0 saturated heterocycles. The number of nitrogens with one attached hydrogen (secondary N) is 4. The standard InChI is InChI=1S/C22H31N5O5S/c1-4-14(2)32-22(29)24-17-10-9-15(11-17)18-13-20(27-26-18)25-21(28)12-16-7-5-6-8-19(16)33(30,31)23-3/h5-8,13-15,17,23H,4,9-12H2,1-3H3,(H,24,29)(H2,25,26,27,28). The van der Waals surface area contributed by atoms with Crippen molar-refractivity contribution in [3.05, 3.63) is 41.6 Å². The molecule has 1 saturated carbocycles. The van der Waals surface area contributed by atoms with Crippen molar-refractivity contribution in [2.75, 3.05) is 12.4 Å². The fourth-order valence-electron chi connectivity index (χ4n) is 3.85. The summed E-state index contributed by atoms with van der Waals surface area (Å²) in [4.78, 5) is 24.5. The van der Waals surface area contributed by atoms with Gasteiger partial charge in [-0.25, -0.2) is 17.9 Å². The Kier molecular flexibility index (Phi) is 8.09. The number of amides is 2. The summed E-state index contributed by atoms with van der Waals surface area (Å²) in [6.07, 6.45) is 2.60. The van der Waals surface area contributed by atoms with E-state index in [2.05, 4.69) is 25.6 Å². The summed E-state index contributed by atoms with van der Waals surface area (Å²) in [7, 11) is -2.34. The van der Waals surface area contributed by atoms with Gasteiger partial charge in [0.05, 0.1) is 11.3 Å². The molecule has 0 radical (unpaired) electrons. The molecule has 0 bridgehead atoms. The molecule has 180 valence electrons. The van der Waals surface area contributed by atoms with E-state index in [4.69, 9.17) is 4.74 Å².